The topological polar surface area (TPSA) is 15.3 Å². The van der Waals surface area contributed by atoms with Crippen molar-refractivity contribution in [2.24, 2.45) is 0 Å². The third-order valence-corrected chi connectivity index (χ3v) is 4.80. The minimum absolute atomic E-state index is 0.726. The van der Waals surface area contributed by atoms with Crippen LogP contribution in [0.15, 0.2) is 16.8 Å². The van der Waals surface area contributed by atoms with Crippen LogP contribution in [0.2, 0.25) is 0 Å². The van der Waals surface area contributed by atoms with E-state index >= 15 is 0 Å². The summed E-state index contributed by atoms with van der Waals surface area (Å²) in [7, 11) is 0. The van der Waals surface area contributed by atoms with Crippen LogP contribution in [0.25, 0.3) is 0 Å². The Morgan fingerprint density at radius 2 is 2.35 bits per heavy atom. The number of nitrogens with one attached hydrogen (secondary N) is 1. The zero-order chi connectivity index (χ0) is 11.7. The fourth-order valence-electron chi connectivity index (χ4n) is 2.97. The first-order chi connectivity index (χ1) is 8.33. The van der Waals surface area contributed by atoms with Crippen molar-refractivity contribution in [1.82, 2.24) is 10.2 Å². The quantitative estimate of drug-likeness (QED) is 0.864. The Bertz CT molecular complexity index is 345. The second kappa shape index (κ2) is 5.09. The molecule has 17 heavy (non-hydrogen) atoms. The van der Waals surface area contributed by atoms with E-state index in [4.69, 9.17) is 0 Å². The highest BCUT2D eigenvalue weighted by Gasteiger charge is 2.38. The molecule has 0 spiro atoms. The Kier molecular flexibility index (Phi) is 3.50. The van der Waals surface area contributed by atoms with Crippen LogP contribution in [0.5, 0.6) is 0 Å². The maximum atomic E-state index is 3.73. The van der Waals surface area contributed by atoms with Gasteiger partial charge in [-0.2, -0.15) is 11.3 Å². The lowest BCUT2D eigenvalue weighted by atomic mass is 10.2. The highest BCUT2D eigenvalue weighted by atomic mass is 32.1. The fourth-order valence-corrected chi connectivity index (χ4v) is 3.68. The van der Waals surface area contributed by atoms with E-state index in [1.54, 1.807) is 11.3 Å². The number of thiophene rings is 1. The monoisotopic (exact) mass is 250 g/mol. The predicted molar refractivity (Wildman–Crippen MR) is 73.6 cm³/mol. The summed E-state index contributed by atoms with van der Waals surface area (Å²) in [6.45, 7) is 4.79. The number of nitrogens with zero attached hydrogens (tertiary/aromatic N) is 1. The van der Waals surface area contributed by atoms with Gasteiger partial charge in [0.2, 0.25) is 0 Å². The normalized spacial score (nSPS) is 29.9. The maximum absolute atomic E-state index is 3.73. The van der Waals surface area contributed by atoms with Gasteiger partial charge in [-0.1, -0.05) is 0 Å². The zero-order valence-electron chi connectivity index (χ0n) is 10.6. The zero-order valence-corrected chi connectivity index (χ0v) is 11.4. The molecular formula is C14H22N2S. The minimum Gasteiger partial charge on any atom is -0.312 e. The van der Waals surface area contributed by atoms with Gasteiger partial charge in [-0.05, 0) is 61.5 Å². The van der Waals surface area contributed by atoms with Gasteiger partial charge in [-0.3, -0.25) is 4.90 Å². The molecule has 1 aromatic heterocycles. The molecule has 0 bridgehead atoms. The molecule has 1 aliphatic carbocycles. The van der Waals surface area contributed by atoms with Gasteiger partial charge >= 0.3 is 0 Å². The van der Waals surface area contributed by atoms with Gasteiger partial charge in [0.25, 0.3) is 0 Å². The van der Waals surface area contributed by atoms with Crippen LogP contribution >= 0.6 is 11.3 Å². The Balaban J connectivity index is 1.41. The van der Waals surface area contributed by atoms with Crippen LogP contribution in [-0.4, -0.2) is 36.1 Å². The molecule has 1 N–H and O–H groups in total. The van der Waals surface area contributed by atoms with E-state index in [9.17, 15) is 0 Å². The van der Waals surface area contributed by atoms with E-state index in [0.29, 0.717) is 0 Å². The van der Waals surface area contributed by atoms with Crippen LogP contribution in [0.1, 0.15) is 31.7 Å². The van der Waals surface area contributed by atoms with E-state index in [1.165, 1.54) is 37.8 Å². The molecule has 1 aromatic rings. The molecule has 0 aromatic carbocycles. The van der Waals surface area contributed by atoms with Crippen molar-refractivity contribution in [3.8, 4) is 0 Å². The number of rotatable bonds is 5. The SMILES string of the molecule is CC1CC(NCCc2ccsc2)CN1C1CC1. The molecule has 3 heteroatoms. The summed E-state index contributed by atoms with van der Waals surface area (Å²) < 4.78 is 0. The van der Waals surface area contributed by atoms with Crippen molar-refractivity contribution in [3.05, 3.63) is 22.4 Å². The minimum atomic E-state index is 0.726. The molecule has 2 aliphatic rings. The standard InChI is InChI=1S/C14H22N2S/c1-11-8-13(9-16(11)14-2-3-14)15-6-4-12-5-7-17-10-12/h5,7,10-11,13-15H,2-4,6,8-9H2,1H3. The van der Waals surface area contributed by atoms with Gasteiger partial charge < -0.3 is 5.32 Å². The summed E-state index contributed by atoms with van der Waals surface area (Å²) in [5, 5.41) is 8.15. The van der Waals surface area contributed by atoms with Crippen molar-refractivity contribution in [3.63, 3.8) is 0 Å². The van der Waals surface area contributed by atoms with E-state index in [1.807, 2.05) is 0 Å². The van der Waals surface area contributed by atoms with Gasteiger partial charge in [0.15, 0.2) is 0 Å². The molecule has 94 valence electrons. The summed E-state index contributed by atoms with van der Waals surface area (Å²) in [4.78, 5) is 2.71. The molecule has 2 heterocycles. The molecular weight excluding hydrogens is 228 g/mol. The number of hydrogen-bond acceptors (Lipinski definition) is 3. The number of hydrogen-bond donors (Lipinski definition) is 1. The van der Waals surface area contributed by atoms with Crippen molar-refractivity contribution in [1.29, 1.82) is 0 Å². The Morgan fingerprint density at radius 3 is 3.06 bits per heavy atom. The first-order valence-corrected chi connectivity index (χ1v) is 7.77. The van der Waals surface area contributed by atoms with Gasteiger partial charge in [-0.15, -0.1) is 0 Å². The molecule has 2 unspecified atom stereocenters. The highest BCUT2D eigenvalue weighted by Crippen LogP contribution is 2.33. The Morgan fingerprint density at radius 1 is 1.47 bits per heavy atom. The van der Waals surface area contributed by atoms with Crippen molar-refractivity contribution in [2.75, 3.05) is 13.1 Å². The Labute approximate surface area is 108 Å². The van der Waals surface area contributed by atoms with E-state index < -0.39 is 0 Å². The molecule has 2 nitrogen and oxygen atoms in total. The molecule has 3 rings (SSSR count). The average Bonchev–Trinajstić information content (AvgIpc) is 2.89. The second-order valence-electron chi connectivity index (χ2n) is 5.55. The Hall–Kier alpha value is -0.380. The van der Waals surface area contributed by atoms with Crippen LogP contribution in [-0.2, 0) is 6.42 Å². The van der Waals surface area contributed by atoms with Crippen molar-refractivity contribution in [2.45, 2.75) is 50.7 Å². The summed E-state index contributed by atoms with van der Waals surface area (Å²) in [6, 6.07) is 4.68. The summed E-state index contributed by atoms with van der Waals surface area (Å²) in [5.74, 6) is 0. The first-order valence-electron chi connectivity index (χ1n) is 6.83. The van der Waals surface area contributed by atoms with Crippen LogP contribution < -0.4 is 5.32 Å². The lowest BCUT2D eigenvalue weighted by Gasteiger charge is -2.19. The van der Waals surface area contributed by atoms with Gasteiger partial charge in [0.1, 0.15) is 0 Å². The molecule has 1 saturated carbocycles. The molecule has 0 radical (unpaired) electrons. The second-order valence-corrected chi connectivity index (χ2v) is 6.33. The molecule has 2 atom stereocenters. The third kappa shape index (κ3) is 2.90. The molecule has 1 saturated heterocycles. The molecule has 0 amide bonds. The summed E-state index contributed by atoms with van der Waals surface area (Å²) in [5.41, 5.74) is 1.48. The largest absolute Gasteiger partial charge is 0.312 e. The smallest absolute Gasteiger partial charge is 0.0210 e. The molecule has 1 aliphatic heterocycles. The summed E-state index contributed by atoms with van der Waals surface area (Å²) in [6.07, 6.45) is 5.38. The van der Waals surface area contributed by atoms with Crippen LogP contribution in [0.4, 0.5) is 0 Å². The van der Waals surface area contributed by atoms with Gasteiger partial charge in [0, 0.05) is 24.7 Å². The fraction of sp³-hybridized carbons (Fsp3) is 0.714. The maximum Gasteiger partial charge on any atom is 0.0210 e. The van der Waals surface area contributed by atoms with Crippen LogP contribution in [0, 0.1) is 0 Å². The first kappa shape index (κ1) is 11.7. The van der Waals surface area contributed by atoms with Gasteiger partial charge in [-0.25, -0.2) is 0 Å². The highest BCUT2D eigenvalue weighted by molar-refractivity contribution is 7.07. The van der Waals surface area contributed by atoms with Gasteiger partial charge in [0.05, 0.1) is 0 Å². The lowest BCUT2D eigenvalue weighted by Crippen LogP contribution is -2.35. The van der Waals surface area contributed by atoms with Crippen molar-refractivity contribution < 1.29 is 0 Å². The van der Waals surface area contributed by atoms with Crippen LogP contribution in [0.3, 0.4) is 0 Å². The molecule has 2 fully saturated rings. The summed E-state index contributed by atoms with van der Waals surface area (Å²) >= 11 is 1.80. The van der Waals surface area contributed by atoms with Crippen molar-refractivity contribution >= 4 is 11.3 Å². The predicted octanol–water partition coefficient (Wildman–Crippen LogP) is 2.51. The third-order valence-electron chi connectivity index (χ3n) is 4.07. The average molecular weight is 250 g/mol. The van der Waals surface area contributed by atoms with E-state index in [0.717, 1.165) is 24.7 Å². The van der Waals surface area contributed by atoms with E-state index in [-0.39, 0.29) is 0 Å². The number of likely N-dealkylation sites (tertiary alicyclic amines) is 1. The van der Waals surface area contributed by atoms with E-state index in [2.05, 4.69) is 34.0 Å². The lowest BCUT2D eigenvalue weighted by molar-refractivity contribution is 0.255.